The molecule has 0 spiro atoms. The van der Waals surface area contributed by atoms with E-state index < -0.39 is 6.04 Å². The van der Waals surface area contributed by atoms with Gasteiger partial charge in [-0.25, -0.2) is 4.39 Å². The number of carbonyl (C=O) groups excluding carboxylic acids is 2. The van der Waals surface area contributed by atoms with Gasteiger partial charge in [0, 0.05) is 13.5 Å². The maximum atomic E-state index is 12.9. The summed E-state index contributed by atoms with van der Waals surface area (Å²) in [5.74, 6) is -0.858. The lowest BCUT2D eigenvalue weighted by molar-refractivity contribution is -0.123. The van der Waals surface area contributed by atoms with Gasteiger partial charge in [0.2, 0.25) is 11.8 Å². The molecule has 0 fully saturated rings. The van der Waals surface area contributed by atoms with E-state index in [1.165, 1.54) is 19.1 Å². The molecule has 0 saturated heterocycles. The van der Waals surface area contributed by atoms with Gasteiger partial charge >= 0.3 is 0 Å². The van der Waals surface area contributed by atoms with Crippen LogP contribution >= 0.6 is 12.2 Å². The minimum absolute atomic E-state index is 0.0527. The van der Waals surface area contributed by atoms with Gasteiger partial charge in [-0.05, 0) is 35.5 Å². The zero-order valence-corrected chi connectivity index (χ0v) is 15.6. The van der Waals surface area contributed by atoms with Gasteiger partial charge in [-0.3, -0.25) is 20.4 Å². The number of benzene rings is 2. The van der Waals surface area contributed by atoms with Crippen molar-refractivity contribution in [1.82, 2.24) is 21.5 Å². The summed E-state index contributed by atoms with van der Waals surface area (Å²) in [6.07, 6.45) is 0.0527. The summed E-state index contributed by atoms with van der Waals surface area (Å²) in [6.45, 7) is 1.79. The predicted octanol–water partition coefficient (Wildman–Crippen LogP) is 2.09. The predicted molar refractivity (Wildman–Crippen MR) is 105 cm³/mol. The maximum absolute atomic E-state index is 12.9. The largest absolute Gasteiger partial charge is 0.357 e. The average molecular weight is 388 g/mol. The zero-order valence-electron chi connectivity index (χ0n) is 14.8. The van der Waals surface area contributed by atoms with Crippen LogP contribution in [0.1, 0.15) is 30.5 Å². The van der Waals surface area contributed by atoms with Crippen LogP contribution in [0.5, 0.6) is 0 Å². The van der Waals surface area contributed by atoms with Crippen LogP contribution in [0.2, 0.25) is 0 Å². The van der Waals surface area contributed by atoms with Crippen molar-refractivity contribution in [1.29, 1.82) is 0 Å². The summed E-state index contributed by atoms with van der Waals surface area (Å²) in [5, 5.41) is 5.89. The molecule has 0 aliphatic heterocycles. The Kier molecular flexibility index (Phi) is 7.69. The van der Waals surface area contributed by atoms with Crippen molar-refractivity contribution in [3.63, 3.8) is 0 Å². The first kappa shape index (κ1) is 20.3. The summed E-state index contributed by atoms with van der Waals surface area (Å²) in [4.78, 5) is 23.6. The second kappa shape index (κ2) is 10.2. The summed E-state index contributed by atoms with van der Waals surface area (Å²) in [5.41, 5.74) is 6.79. The van der Waals surface area contributed by atoms with Crippen molar-refractivity contribution < 1.29 is 14.0 Å². The molecule has 2 rings (SSSR count). The zero-order chi connectivity index (χ0) is 19.6. The van der Waals surface area contributed by atoms with Gasteiger partial charge in [0.25, 0.3) is 0 Å². The van der Waals surface area contributed by atoms with Crippen molar-refractivity contribution >= 4 is 29.1 Å². The Hall–Kier alpha value is -3.00. The molecule has 6 nitrogen and oxygen atoms in total. The van der Waals surface area contributed by atoms with Crippen molar-refractivity contribution in [3.8, 4) is 0 Å². The SMILES string of the molecule is CC(=O)N[C@@H](CC(=O)NNC(=S)NCc1ccc(F)cc1)c1ccccc1. The summed E-state index contributed by atoms with van der Waals surface area (Å²) in [6, 6.07) is 14.8. The van der Waals surface area contributed by atoms with Crippen LogP contribution in [0.25, 0.3) is 0 Å². The van der Waals surface area contributed by atoms with E-state index in [-0.39, 0.29) is 29.2 Å². The van der Waals surface area contributed by atoms with Crippen molar-refractivity contribution in [2.75, 3.05) is 0 Å². The number of amides is 2. The van der Waals surface area contributed by atoms with Gasteiger partial charge in [0.15, 0.2) is 5.11 Å². The Morgan fingerprint density at radius 2 is 1.70 bits per heavy atom. The lowest BCUT2D eigenvalue weighted by Gasteiger charge is -2.18. The molecule has 2 aromatic rings. The van der Waals surface area contributed by atoms with E-state index in [1.807, 2.05) is 30.3 Å². The summed E-state index contributed by atoms with van der Waals surface area (Å²) < 4.78 is 12.9. The number of halogens is 1. The minimum atomic E-state index is -0.439. The van der Waals surface area contributed by atoms with E-state index in [0.717, 1.165) is 11.1 Å². The molecule has 0 aliphatic carbocycles. The number of thiocarbonyl (C=S) groups is 1. The van der Waals surface area contributed by atoms with Crippen LogP contribution in [-0.4, -0.2) is 16.9 Å². The highest BCUT2D eigenvalue weighted by Gasteiger charge is 2.16. The third kappa shape index (κ3) is 7.41. The topological polar surface area (TPSA) is 82.3 Å². The Morgan fingerprint density at radius 3 is 2.33 bits per heavy atom. The van der Waals surface area contributed by atoms with Crippen LogP contribution in [-0.2, 0) is 16.1 Å². The fourth-order valence-electron chi connectivity index (χ4n) is 2.37. The van der Waals surface area contributed by atoms with E-state index in [2.05, 4.69) is 21.5 Å². The molecule has 0 heterocycles. The van der Waals surface area contributed by atoms with Crippen molar-refractivity contribution in [2.24, 2.45) is 0 Å². The second-order valence-electron chi connectivity index (χ2n) is 5.85. The third-order valence-electron chi connectivity index (χ3n) is 3.65. The van der Waals surface area contributed by atoms with Gasteiger partial charge in [-0.1, -0.05) is 42.5 Å². The normalized spacial score (nSPS) is 11.2. The van der Waals surface area contributed by atoms with Crippen molar-refractivity contribution in [2.45, 2.75) is 25.9 Å². The molecule has 0 unspecified atom stereocenters. The summed E-state index contributed by atoms with van der Waals surface area (Å²) in [7, 11) is 0. The second-order valence-corrected chi connectivity index (χ2v) is 6.26. The molecule has 2 amide bonds. The van der Waals surface area contributed by atoms with Crippen LogP contribution in [0.15, 0.2) is 54.6 Å². The molecular formula is C19H21FN4O2S. The Labute approximate surface area is 162 Å². The fourth-order valence-corrected chi connectivity index (χ4v) is 2.50. The molecule has 8 heteroatoms. The van der Waals surface area contributed by atoms with E-state index >= 15 is 0 Å². The lowest BCUT2D eigenvalue weighted by atomic mass is 10.0. The number of hydrogen-bond acceptors (Lipinski definition) is 3. The van der Waals surface area contributed by atoms with E-state index in [4.69, 9.17) is 12.2 Å². The number of rotatable bonds is 6. The Balaban J connectivity index is 1.80. The van der Waals surface area contributed by atoms with Gasteiger partial charge in [0.05, 0.1) is 12.5 Å². The molecule has 1 atom stereocenters. The van der Waals surface area contributed by atoms with Crippen LogP contribution < -0.4 is 21.5 Å². The summed E-state index contributed by atoms with van der Waals surface area (Å²) >= 11 is 5.09. The molecule has 142 valence electrons. The fraction of sp³-hybridized carbons (Fsp3) is 0.211. The lowest BCUT2D eigenvalue weighted by Crippen LogP contribution is -2.47. The first-order chi connectivity index (χ1) is 12.9. The van der Waals surface area contributed by atoms with E-state index in [1.54, 1.807) is 12.1 Å². The van der Waals surface area contributed by atoms with Crippen LogP contribution in [0.3, 0.4) is 0 Å². The number of hydrazine groups is 1. The van der Waals surface area contributed by atoms with Gasteiger partial charge < -0.3 is 10.6 Å². The highest BCUT2D eigenvalue weighted by Crippen LogP contribution is 2.16. The quantitative estimate of drug-likeness (QED) is 0.450. The van der Waals surface area contributed by atoms with Crippen LogP contribution in [0, 0.1) is 5.82 Å². The molecule has 0 aromatic heterocycles. The van der Waals surface area contributed by atoms with E-state index in [0.29, 0.717) is 6.54 Å². The number of carbonyl (C=O) groups is 2. The maximum Gasteiger partial charge on any atom is 0.240 e. The van der Waals surface area contributed by atoms with Crippen molar-refractivity contribution in [3.05, 3.63) is 71.5 Å². The van der Waals surface area contributed by atoms with Gasteiger partial charge in [0.1, 0.15) is 5.82 Å². The smallest absolute Gasteiger partial charge is 0.240 e. The molecule has 0 aliphatic rings. The van der Waals surface area contributed by atoms with E-state index in [9.17, 15) is 14.0 Å². The highest BCUT2D eigenvalue weighted by molar-refractivity contribution is 7.80. The molecule has 4 N–H and O–H groups in total. The number of hydrogen-bond donors (Lipinski definition) is 4. The molecule has 0 saturated carbocycles. The standard InChI is InChI=1S/C19H21FN4O2S/c1-13(25)22-17(15-5-3-2-4-6-15)11-18(26)23-24-19(27)21-12-14-7-9-16(20)10-8-14/h2-10,17H,11-12H2,1H3,(H,22,25)(H,23,26)(H2,21,24,27)/t17-/m0/s1. The minimum Gasteiger partial charge on any atom is -0.357 e. The van der Waals surface area contributed by atoms with Crippen LogP contribution in [0.4, 0.5) is 4.39 Å². The first-order valence-corrected chi connectivity index (χ1v) is 8.74. The molecular weight excluding hydrogens is 367 g/mol. The van der Waals surface area contributed by atoms with Gasteiger partial charge in [-0.15, -0.1) is 0 Å². The third-order valence-corrected chi connectivity index (χ3v) is 3.90. The van der Waals surface area contributed by atoms with Gasteiger partial charge in [-0.2, -0.15) is 0 Å². The molecule has 0 radical (unpaired) electrons. The average Bonchev–Trinajstić information content (AvgIpc) is 2.66. The Bertz CT molecular complexity index is 784. The molecule has 27 heavy (non-hydrogen) atoms. The molecule has 2 aromatic carbocycles. The monoisotopic (exact) mass is 388 g/mol. The highest BCUT2D eigenvalue weighted by atomic mass is 32.1. The number of nitrogens with one attached hydrogen (secondary N) is 4. The first-order valence-electron chi connectivity index (χ1n) is 8.33. The Morgan fingerprint density at radius 1 is 1.04 bits per heavy atom. The molecule has 0 bridgehead atoms.